The predicted octanol–water partition coefficient (Wildman–Crippen LogP) is 1.82. The molecule has 78 valence electrons. The lowest BCUT2D eigenvalue weighted by molar-refractivity contribution is -0.0564. The molecule has 0 bridgehead atoms. The minimum absolute atomic E-state index is 0.317. The second kappa shape index (κ2) is 3.39. The van der Waals surface area contributed by atoms with Crippen molar-refractivity contribution in [1.29, 1.82) is 0 Å². The van der Waals surface area contributed by atoms with E-state index in [1.54, 1.807) is 6.20 Å². The summed E-state index contributed by atoms with van der Waals surface area (Å²) in [6, 6.07) is 0. The Morgan fingerprint density at radius 1 is 1.57 bits per heavy atom. The van der Waals surface area contributed by atoms with Crippen LogP contribution in [0.5, 0.6) is 0 Å². The highest BCUT2D eigenvalue weighted by atomic mass is 16.3. The maximum atomic E-state index is 10.6. The molecule has 0 spiro atoms. The van der Waals surface area contributed by atoms with Crippen LogP contribution >= 0.6 is 0 Å². The van der Waals surface area contributed by atoms with Crippen LogP contribution in [-0.4, -0.2) is 14.7 Å². The Balaban J connectivity index is 2.34. The predicted molar refractivity (Wildman–Crippen MR) is 54.7 cm³/mol. The van der Waals surface area contributed by atoms with Gasteiger partial charge in [0.05, 0.1) is 0 Å². The highest BCUT2D eigenvalue weighted by Gasteiger charge is 2.40. The largest absolute Gasteiger partial charge is 0.382 e. The molecule has 1 aromatic rings. The van der Waals surface area contributed by atoms with E-state index >= 15 is 0 Å². The minimum Gasteiger partial charge on any atom is -0.382 e. The Kier molecular flexibility index (Phi) is 2.35. The van der Waals surface area contributed by atoms with Gasteiger partial charge in [0.2, 0.25) is 0 Å². The zero-order chi connectivity index (χ0) is 10.2. The molecule has 1 fully saturated rings. The van der Waals surface area contributed by atoms with Crippen molar-refractivity contribution in [1.82, 2.24) is 9.55 Å². The molecule has 0 saturated heterocycles. The highest BCUT2D eigenvalue weighted by molar-refractivity contribution is 5.07. The number of hydrogen-bond donors (Lipinski definition) is 1. The van der Waals surface area contributed by atoms with Gasteiger partial charge in [0.15, 0.2) is 0 Å². The van der Waals surface area contributed by atoms with Crippen molar-refractivity contribution in [2.45, 2.75) is 38.2 Å². The number of aryl methyl sites for hydroxylation is 1. The molecule has 1 N–H and O–H groups in total. The van der Waals surface area contributed by atoms with E-state index in [1.807, 2.05) is 17.8 Å². The van der Waals surface area contributed by atoms with Crippen LogP contribution < -0.4 is 0 Å². The number of imidazole rings is 1. The molecule has 1 heterocycles. The molecule has 3 nitrogen and oxygen atoms in total. The smallest absolute Gasteiger partial charge is 0.140 e. The molecule has 1 aliphatic carbocycles. The fraction of sp³-hybridized carbons (Fsp3) is 0.727. The van der Waals surface area contributed by atoms with Gasteiger partial charge < -0.3 is 9.67 Å². The molecule has 2 atom stereocenters. The summed E-state index contributed by atoms with van der Waals surface area (Å²) in [7, 11) is 1.95. The molecule has 14 heavy (non-hydrogen) atoms. The zero-order valence-electron chi connectivity index (χ0n) is 8.90. The normalized spacial score (nSPS) is 33.2. The van der Waals surface area contributed by atoms with E-state index in [-0.39, 0.29) is 0 Å². The highest BCUT2D eigenvalue weighted by Crippen LogP contribution is 2.40. The van der Waals surface area contributed by atoms with Crippen LogP contribution in [0.1, 0.15) is 38.4 Å². The van der Waals surface area contributed by atoms with Gasteiger partial charge in [-0.1, -0.05) is 19.8 Å². The summed E-state index contributed by atoms with van der Waals surface area (Å²) in [6.07, 6.45) is 7.94. The van der Waals surface area contributed by atoms with Gasteiger partial charge in [0, 0.05) is 19.4 Å². The topological polar surface area (TPSA) is 38.1 Å². The first-order valence-electron chi connectivity index (χ1n) is 5.35. The van der Waals surface area contributed by atoms with E-state index in [1.165, 1.54) is 6.42 Å². The average molecular weight is 194 g/mol. The first-order chi connectivity index (χ1) is 6.64. The van der Waals surface area contributed by atoms with Gasteiger partial charge in [-0.2, -0.15) is 0 Å². The number of aromatic nitrogens is 2. The van der Waals surface area contributed by atoms with Crippen molar-refractivity contribution in [3.63, 3.8) is 0 Å². The van der Waals surface area contributed by atoms with Crippen molar-refractivity contribution in [2.24, 2.45) is 13.0 Å². The van der Waals surface area contributed by atoms with Crippen LogP contribution in [0.4, 0.5) is 0 Å². The molecule has 0 aromatic carbocycles. The fourth-order valence-electron chi connectivity index (χ4n) is 2.45. The molecule has 2 unspecified atom stereocenters. The van der Waals surface area contributed by atoms with Crippen molar-refractivity contribution in [2.75, 3.05) is 0 Å². The van der Waals surface area contributed by atoms with E-state index in [9.17, 15) is 5.11 Å². The van der Waals surface area contributed by atoms with E-state index in [2.05, 4.69) is 11.9 Å². The van der Waals surface area contributed by atoms with Crippen LogP contribution in [-0.2, 0) is 12.6 Å². The number of nitrogens with zero attached hydrogens (tertiary/aromatic N) is 2. The molecule has 0 amide bonds. The van der Waals surface area contributed by atoms with E-state index in [0.717, 1.165) is 25.1 Å². The number of hydrogen-bond acceptors (Lipinski definition) is 2. The molecule has 0 radical (unpaired) electrons. The van der Waals surface area contributed by atoms with Gasteiger partial charge in [-0.25, -0.2) is 4.98 Å². The van der Waals surface area contributed by atoms with Gasteiger partial charge >= 0.3 is 0 Å². The SMILES string of the molecule is CC1CCCCC1(O)c1nccn1C. The van der Waals surface area contributed by atoms with E-state index in [4.69, 9.17) is 0 Å². The van der Waals surface area contributed by atoms with Crippen LogP contribution in [0, 0.1) is 5.92 Å². The van der Waals surface area contributed by atoms with Crippen molar-refractivity contribution in [3.8, 4) is 0 Å². The summed E-state index contributed by atoms with van der Waals surface area (Å²) in [5.74, 6) is 1.14. The standard InChI is InChI=1S/C11H18N2O/c1-9-5-3-4-6-11(9,14)10-12-7-8-13(10)2/h7-9,14H,3-6H2,1-2H3. The molecule has 1 saturated carbocycles. The third-order valence-corrected chi connectivity index (χ3v) is 3.47. The van der Waals surface area contributed by atoms with Gasteiger partial charge in [0.25, 0.3) is 0 Å². The zero-order valence-corrected chi connectivity index (χ0v) is 8.90. The molecule has 3 heteroatoms. The quantitative estimate of drug-likeness (QED) is 0.740. The van der Waals surface area contributed by atoms with Crippen molar-refractivity contribution < 1.29 is 5.11 Å². The summed E-state index contributed by atoms with van der Waals surface area (Å²) in [4.78, 5) is 4.27. The van der Waals surface area contributed by atoms with Crippen molar-refractivity contribution in [3.05, 3.63) is 18.2 Å². The Hall–Kier alpha value is -0.830. The summed E-state index contributed by atoms with van der Waals surface area (Å²) >= 11 is 0. The first-order valence-corrected chi connectivity index (χ1v) is 5.35. The summed E-state index contributed by atoms with van der Waals surface area (Å²) in [5.41, 5.74) is -0.698. The summed E-state index contributed by atoms with van der Waals surface area (Å²) in [5, 5.41) is 10.6. The molecule has 1 aliphatic rings. The van der Waals surface area contributed by atoms with Crippen LogP contribution in [0.2, 0.25) is 0 Å². The number of aliphatic hydroxyl groups is 1. The van der Waals surface area contributed by atoms with Crippen molar-refractivity contribution >= 4 is 0 Å². The van der Waals surface area contributed by atoms with Crippen LogP contribution in [0.15, 0.2) is 12.4 Å². The average Bonchev–Trinajstić information content (AvgIpc) is 2.57. The third-order valence-electron chi connectivity index (χ3n) is 3.47. The van der Waals surface area contributed by atoms with Gasteiger partial charge in [-0.05, 0) is 18.8 Å². The molecular weight excluding hydrogens is 176 g/mol. The lowest BCUT2D eigenvalue weighted by atomic mass is 9.76. The second-order valence-electron chi connectivity index (χ2n) is 4.43. The minimum atomic E-state index is -0.698. The molecule has 1 aromatic heterocycles. The molecular formula is C11H18N2O. The summed E-state index contributed by atoms with van der Waals surface area (Å²) in [6.45, 7) is 2.12. The van der Waals surface area contributed by atoms with E-state index in [0.29, 0.717) is 5.92 Å². The maximum Gasteiger partial charge on any atom is 0.140 e. The van der Waals surface area contributed by atoms with Gasteiger partial charge in [0.1, 0.15) is 11.4 Å². The fourth-order valence-corrected chi connectivity index (χ4v) is 2.45. The van der Waals surface area contributed by atoms with Crippen LogP contribution in [0.3, 0.4) is 0 Å². The van der Waals surface area contributed by atoms with Crippen LogP contribution in [0.25, 0.3) is 0 Å². The van der Waals surface area contributed by atoms with E-state index < -0.39 is 5.60 Å². The first kappa shape index (κ1) is 9.71. The van der Waals surface area contributed by atoms with Gasteiger partial charge in [-0.3, -0.25) is 0 Å². The molecule has 2 rings (SSSR count). The lowest BCUT2D eigenvalue weighted by Crippen LogP contribution is -2.38. The monoisotopic (exact) mass is 194 g/mol. The Morgan fingerprint density at radius 2 is 2.36 bits per heavy atom. The van der Waals surface area contributed by atoms with Gasteiger partial charge in [-0.15, -0.1) is 0 Å². The maximum absolute atomic E-state index is 10.6. The second-order valence-corrected chi connectivity index (χ2v) is 4.43. The molecule has 0 aliphatic heterocycles. The third kappa shape index (κ3) is 1.36. The Morgan fingerprint density at radius 3 is 2.93 bits per heavy atom. The number of rotatable bonds is 1. The summed E-state index contributed by atoms with van der Waals surface area (Å²) < 4.78 is 1.93. The Labute approximate surface area is 84.8 Å². The Bertz CT molecular complexity index is 321. The lowest BCUT2D eigenvalue weighted by Gasteiger charge is -2.37.